The maximum Gasteiger partial charge on any atom is 0.261 e. The highest BCUT2D eigenvalue weighted by atomic mass is 79.9. The Bertz CT molecular complexity index is 660. The van der Waals surface area contributed by atoms with Gasteiger partial charge in [0.05, 0.1) is 17.2 Å². The molecule has 7 heteroatoms. The quantitative estimate of drug-likeness (QED) is 0.501. The molecule has 136 valence electrons. The topological polar surface area (TPSA) is 75.7 Å². The van der Waals surface area contributed by atoms with Crippen LogP contribution in [0.15, 0.2) is 22.7 Å². The van der Waals surface area contributed by atoms with E-state index in [-0.39, 0.29) is 36.8 Å². The summed E-state index contributed by atoms with van der Waals surface area (Å²) < 4.78 is 6.16. The summed E-state index contributed by atoms with van der Waals surface area (Å²) in [6, 6.07) is 5.04. The first kappa shape index (κ1) is 19.6. The van der Waals surface area contributed by atoms with Gasteiger partial charge in [0.2, 0.25) is 5.91 Å². The van der Waals surface area contributed by atoms with Crippen molar-refractivity contribution in [2.45, 2.75) is 39.2 Å². The molecule has 3 amide bonds. The highest BCUT2D eigenvalue weighted by Crippen LogP contribution is 2.26. The van der Waals surface area contributed by atoms with Crippen LogP contribution in [0.4, 0.5) is 0 Å². The lowest BCUT2D eigenvalue weighted by Gasteiger charge is -2.13. The standard InChI is InChI=1S/C18H23BrN2O4/c1-12(2)25-10-4-8-20-16(22)5-3-9-21-17(23)14-7-6-13(19)11-15(14)18(21)24/h6-7,11-12H,3-5,8-10H2,1-2H3,(H,20,22). The Labute approximate surface area is 156 Å². The number of halogens is 1. The zero-order valence-corrected chi connectivity index (χ0v) is 16.1. The third-order valence-corrected chi connectivity index (χ3v) is 4.31. The van der Waals surface area contributed by atoms with Crippen molar-refractivity contribution in [3.05, 3.63) is 33.8 Å². The molecular weight excluding hydrogens is 388 g/mol. The van der Waals surface area contributed by atoms with Crippen LogP contribution in [-0.2, 0) is 9.53 Å². The summed E-state index contributed by atoms with van der Waals surface area (Å²) in [5, 5.41) is 2.82. The predicted molar refractivity (Wildman–Crippen MR) is 97.5 cm³/mol. The molecule has 1 aliphatic heterocycles. The first-order valence-electron chi connectivity index (χ1n) is 8.44. The molecule has 2 rings (SSSR count). The molecule has 1 aromatic carbocycles. The number of amides is 3. The van der Waals surface area contributed by atoms with Crippen LogP contribution in [0.2, 0.25) is 0 Å². The average Bonchev–Trinajstić information content (AvgIpc) is 2.78. The summed E-state index contributed by atoms with van der Waals surface area (Å²) in [5.74, 6) is -0.671. The van der Waals surface area contributed by atoms with E-state index in [9.17, 15) is 14.4 Å². The van der Waals surface area contributed by atoms with E-state index in [1.807, 2.05) is 13.8 Å². The average molecular weight is 411 g/mol. The predicted octanol–water partition coefficient (Wildman–Crippen LogP) is 2.76. The molecule has 1 N–H and O–H groups in total. The Kier molecular flexibility index (Phi) is 7.13. The van der Waals surface area contributed by atoms with Crippen molar-refractivity contribution >= 4 is 33.7 Å². The number of hydrogen-bond donors (Lipinski definition) is 1. The number of hydrogen-bond acceptors (Lipinski definition) is 4. The van der Waals surface area contributed by atoms with Gasteiger partial charge in [-0.1, -0.05) is 15.9 Å². The number of rotatable bonds is 9. The van der Waals surface area contributed by atoms with Crippen LogP contribution < -0.4 is 5.32 Å². The molecule has 6 nitrogen and oxygen atoms in total. The van der Waals surface area contributed by atoms with Gasteiger partial charge in [0.1, 0.15) is 0 Å². The summed E-state index contributed by atoms with van der Waals surface area (Å²) >= 11 is 3.30. The van der Waals surface area contributed by atoms with Crippen molar-refractivity contribution in [3.8, 4) is 0 Å². The smallest absolute Gasteiger partial charge is 0.261 e. The van der Waals surface area contributed by atoms with Crippen LogP contribution >= 0.6 is 15.9 Å². The van der Waals surface area contributed by atoms with Crippen molar-refractivity contribution in [2.75, 3.05) is 19.7 Å². The van der Waals surface area contributed by atoms with Crippen LogP contribution in [0.25, 0.3) is 0 Å². The number of nitrogens with zero attached hydrogens (tertiary/aromatic N) is 1. The molecule has 1 aromatic rings. The zero-order valence-electron chi connectivity index (χ0n) is 14.5. The largest absolute Gasteiger partial charge is 0.379 e. The van der Waals surface area contributed by atoms with E-state index in [2.05, 4.69) is 21.2 Å². The second-order valence-electron chi connectivity index (χ2n) is 6.18. The molecular formula is C18H23BrN2O4. The Morgan fingerprint density at radius 1 is 1.20 bits per heavy atom. The molecule has 0 saturated heterocycles. The molecule has 0 aromatic heterocycles. The van der Waals surface area contributed by atoms with E-state index < -0.39 is 0 Å². The van der Waals surface area contributed by atoms with Crippen LogP contribution in [0.1, 0.15) is 53.8 Å². The fourth-order valence-electron chi connectivity index (χ4n) is 2.57. The van der Waals surface area contributed by atoms with Crippen molar-refractivity contribution < 1.29 is 19.1 Å². The lowest BCUT2D eigenvalue weighted by molar-refractivity contribution is -0.121. The number of benzene rings is 1. The Balaban J connectivity index is 1.71. The van der Waals surface area contributed by atoms with Gasteiger partial charge < -0.3 is 10.1 Å². The second kappa shape index (κ2) is 9.10. The number of ether oxygens (including phenoxy) is 1. The van der Waals surface area contributed by atoms with Gasteiger partial charge in [-0.3, -0.25) is 19.3 Å². The van der Waals surface area contributed by atoms with Gasteiger partial charge >= 0.3 is 0 Å². The first-order chi connectivity index (χ1) is 11.9. The van der Waals surface area contributed by atoms with Gasteiger partial charge in [-0.2, -0.15) is 0 Å². The first-order valence-corrected chi connectivity index (χ1v) is 9.23. The van der Waals surface area contributed by atoms with Crippen molar-refractivity contribution in [1.29, 1.82) is 0 Å². The number of fused-ring (bicyclic) bond motifs is 1. The summed E-state index contributed by atoms with van der Waals surface area (Å²) in [6.07, 6.45) is 1.68. The van der Waals surface area contributed by atoms with Gasteiger partial charge in [0.25, 0.3) is 11.8 Å². The molecule has 0 spiro atoms. The summed E-state index contributed by atoms with van der Waals surface area (Å²) in [6.45, 7) is 5.36. The van der Waals surface area contributed by atoms with E-state index in [1.165, 1.54) is 4.90 Å². The monoisotopic (exact) mass is 410 g/mol. The molecule has 1 heterocycles. The van der Waals surface area contributed by atoms with E-state index in [0.29, 0.717) is 30.7 Å². The Hall–Kier alpha value is -1.73. The van der Waals surface area contributed by atoms with Crippen LogP contribution in [0, 0.1) is 0 Å². The normalized spacial score (nSPS) is 13.5. The third-order valence-electron chi connectivity index (χ3n) is 3.81. The fourth-order valence-corrected chi connectivity index (χ4v) is 2.93. The SMILES string of the molecule is CC(C)OCCCNC(=O)CCCN1C(=O)c2ccc(Br)cc2C1=O. The molecule has 0 fully saturated rings. The van der Waals surface area contributed by atoms with Crippen molar-refractivity contribution in [1.82, 2.24) is 10.2 Å². The lowest BCUT2D eigenvalue weighted by atomic mass is 10.1. The Morgan fingerprint density at radius 2 is 1.92 bits per heavy atom. The van der Waals surface area contributed by atoms with Crippen molar-refractivity contribution in [3.63, 3.8) is 0 Å². The third kappa shape index (κ3) is 5.37. The molecule has 0 aliphatic carbocycles. The van der Waals surface area contributed by atoms with Gasteiger partial charge in [-0.25, -0.2) is 0 Å². The second-order valence-corrected chi connectivity index (χ2v) is 7.09. The number of carbonyl (C=O) groups is 3. The molecule has 0 bridgehead atoms. The minimum Gasteiger partial charge on any atom is -0.379 e. The molecule has 25 heavy (non-hydrogen) atoms. The number of carbonyl (C=O) groups excluding carboxylic acids is 3. The number of nitrogens with one attached hydrogen (secondary N) is 1. The Morgan fingerprint density at radius 3 is 2.64 bits per heavy atom. The molecule has 1 aliphatic rings. The maximum atomic E-state index is 12.3. The van der Waals surface area contributed by atoms with Crippen LogP contribution in [-0.4, -0.2) is 48.4 Å². The van der Waals surface area contributed by atoms with Crippen LogP contribution in [0.3, 0.4) is 0 Å². The van der Waals surface area contributed by atoms with E-state index in [0.717, 1.165) is 10.9 Å². The van der Waals surface area contributed by atoms with E-state index >= 15 is 0 Å². The zero-order chi connectivity index (χ0) is 18.4. The van der Waals surface area contributed by atoms with Gasteiger partial charge in [-0.05, 0) is 44.9 Å². The van der Waals surface area contributed by atoms with E-state index in [4.69, 9.17) is 4.74 Å². The van der Waals surface area contributed by atoms with E-state index in [1.54, 1.807) is 18.2 Å². The summed E-state index contributed by atoms with van der Waals surface area (Å²) in [5.41, 5.74) is 0.830. The molecule has 0 saturated carbocycles. The highest BCUT2D eigenvalue weighted by molar-refractivity contribution is 9.10. The van der Waals surface area contributed by atoms with Gasteiger partial charge in [-0.15, -0.1) is 0 Å². The molecule has 0 unspecified atom stereocenters. The maximum absolute atomic E-state index is 12.3. The number of imide groups is 1. The van der Waals surface area contributed by atoms with Crippen molar-refractivity contribution in [2.24, 2.45) is 0 Å². The molecule has 0 radical (unpaired) electrons. The lowest BCUT2D eigenvalue weighted by Crippen LogP contribution is -2.32. The van der Waals surface area contributed by atoms with Gasteiger partial charge in [0.15, 0.2) is 0 Å². The summed E-state index contributed by atoms with van der Waals surface area (Å²) in [4.78, 5) is 37.6. The highest BCUT2D eigenvalue weighted by Gasteiger charge is 2.35. The minimum atomic E-state index is -0.299. The van der Waals surface area contributed by atoms with Crippen LogP contribution in [0.5, 0.6) is 0 Å². The minimum absolute atomic E-state index is 0.0797. The fraction of sp³-hybridized carbons (Fsp3) is 0.500. The van der Waals surface area contributed by atoms with Gasteiger partial charge in [0, 0.05) is 30.6 Å². The summed E-state index contributed by atoms with van der Waals surface area (Å²) in [7, 11) is 0. The molecule has 0 atom stereocenters.